The summed E-state index contributed by atoms with van der Waals surface area (Å²) < 4.78 is 30.5. The topological polar surface area (TPSA) is 78.3 Å². The SMILES string of the molecule is COC(=O)[C@H](N)Cc1cc(N)c(F)cc1F. The van der Waals surface area contributed by atoms with Crippen LogP contribution >= 0.6 is 0 Å². The molecule has 0 fully saturated rings. The second-order valence-electron chi connectivity index (χ2n) is 3.30. The van der Waals surface area contributed by atoms with E-state index >= 15 is 0 Å². The monoisotopic (exact) mass is 230 g/mol. The van der Waals surface area contributed by atoms with Crippen LogP contribution in [0.2, 0.25) is 0 Å². The van der Waals surface area contributed by atoms with Crippen LogP contribution < -0.4 is 11.5 Å². The second-order valence-corrected chi connectivity index (χ2v) is 3.30. The predicted octanol–water partition coefficient (Wildman–Crippen LogP) is 0.590. The molecule has 88 valence electrons. The average Bonchev–Trinajstić information content (AvgIpc) is 2.24. The van der Waals surface area contributed by atoms with Crippen LogP contribution in [0.15, 0.2) is 12.1 Å². The van der Waals surface area contributed by atoms with Crippen molar-refractivity contribution in [2.45, 2.75) is 12.5 Å². The third-order valence-electron chi connectivity index (χ3n) is 2.11. The predicted molar refractivity (Wildman–Crippen MR) is 54.5 cm³/mol. The quantitative estimate of drug-likeness (QED) is 0.588. The number of carbonyl (C=O) groups excluding carboxylic acids is 1. The highest BCUT2D eigenvalue weighted by atomic mass is 19.1. The first kappa shape index (κ1) is 12.4. The molecule has 0 unspecified atom stereocenters. The van der Waals surface area contributed by atoms with Gasteiger partial charge in [0.05, 0.1) is 12.8 Å². The van der Waals surface area contributed by atoms with Crippen molar-refractivity contribution in [2.75, 3.05) is 12.8 Å². The van der Waals surface area contributed by atoms with Gasteiger partial charge in [-0.05, 0) is 11.6 Å². The summed E-state index contributed by atoms with van der Waals surface area (Å²) in [6, 6.07) is 0.784. The molecule has 0 aliphatic heterocycles. The molecule has 4 nitrogen and oxygen atoms in total. The lowest BCUT2D eigenvalue weighted by Crippen LogP contribution is -2.34. The number of ether oxygens (including phenoxy) is 1. The van der Waals surface area contributed by atoms with Crippen LogP contribution in [0.4, 0.5) is 14.5 Å². The standard InChI is InChI=1S/C10H12F2N2O2/c1-16-10(15)9(14)3-5-2-8(13)7(12)4-6(5)11/h2,4,9H,3,13-14H2,1H3/t9-/m1/s1. The maximum Gasteiger partial charge on any atom is 0.322 e. The van der Waals surface area contributed by atoms with Crippen molar-refractivity contribution >= 4 is 11.7 Å². The first-order valence-electron chi connectivity index (χ1n) is 4.52. The van der Waals surface area contributed by atoms with Gasteiger partial charge in [-0.15, -0.1) is 0 Å². The Bertz CT molecular complexity index is 410. The van der Waals surface area contributed by atoms with Crippen LogP contribution in [0.3, 0.4) is 0 Å². The Morgan fingerprint density at radius 3 is 2.62 bits per heavy atom. The number of nitrogen functional groups attached to an aromatic ring is 1. The highest BCUT2D eigenvalue weighted by molar-refractivity contribution is 5.75. The Kier molecular flexibility index (Phi) is 3.78. The molecule has 1 atom stereocenters. The van der Waals surface area contributed by atoms with Gasteiger partial charge in [-0.25, -0.2) is 8.78 Å². The smallest absolute Gasteiger partial charge is 0.322 e. The number of hydrogen-bond acceptors (Lipinski definition) is 4. The summed E-state index contributed by atoms with van der Waals surface area (Å²) in [7, 11) is 1.18. The van der Waals surface area contributed by atoms with Gasteiger partial charge in [0.2, 0.25) is 0 Å². The van der Waals surface area contributed by atoms with E-state index in [1.54, 1.807) is 0 Å². The van der Waals surface area contributed by atoms with E-state index in [4.69, 9.17) is 11.5 Å². The maximum atomic E-state index is 13.3. The van der Waals surface area contributed by atoms with Crippen molar-refractivity contribution in [2.24, 2.45) is 5.73 Å². The van der Waals surface area contributed by atoms with Gasteiger partial charge in [0.25, 0.3) is 0 Å². The van der Waals surface area contributed by atoms with Gasteiger partial charge in [0.15, 0.2) is 0 Å². The van der Waals surface area contributed by atoms with Gasteiger partial charge in [-0.1, -0.05) is 0 Å². The van der Waals surface area contributed by atoms with Crippen LogP contribution in [-0.2, 0) is 16.0 Å². The van der Waals surface area contributed by atoms with E-state index in [2.05, 4.69) is 4.74 Å². The number of methoxy groups -OCH3 is 1. The molecule has 0 saturated heterocycles. The normalized spacial score (nSPS) is 12.2. The Balaban J connectivity index is 2.89. The molecule has 16 heavy (non-hydrogen) atoms. The van der Waals surface area contributed by atoms with Gasteiger partial charge in [-0.3, -0.25) is 4.79 Å². The molecule has 0 aliphatic rings. The molecule has 1 aromatic carbocycles. The summed E-state index contributed by atoms with van der Waals surface area (Å²) in [6.07, 6.45) is -0.0943. The summed E-state index contributed by atoms with van der Waals surface area (Å²) in [4.78, 5) is 11.0. The number of hydrogen-bond donors (Lipinski definition) is 2. The molecule has 0 amide bonds. The molecule has 0 heterocycles. The van der Waals surface area contributed by atoms with E-state index in [-0.39, 0.29) is 17.7 Å². The molecular weight excluding hydrogens is 218 g/mol. The van der Waals surface area contributed by atoms with Crippen molar-refractivity contribution in [1.29, 1.82) is 0 Å². The fourth-order valence-electron chi connectivity index (χ4n) is 1.24. The van der Waals surface area contributed by atoms with E-state index in [1.807, 2.05) is 0 Å². The van der Waals surface area contributed by atoms with Gasteiger partial charge in [0.1, 0.15) is 17.7 Å². The van der Waals surface area contributed by atoms with E-state index in [9.17, 15) is 13.6 Å². The number of benzene rings is 1. The molecule has 1 rings (SSSR count). The van der Waals surface area contributed by atoms with E-state index in [1.165, 1.54) is 7.11 Å². The number of nitrogens with two attached hydrogens (primary N) is 2. The summed E-state index contributed by atoms with van der Waals surface area (Å²) in [5, 5.41) is 0. The first-order chi connectivity index (χ1) is 7.45. The zero-order chi connectivity index (χ0) is 12.3. The van der Waals surface area contributed by atoms with Crippen molar-refractivity contribution in [1.82, 2.24) is 0 Å². The van der Waals surface area contributed by atoms with Crippen LogP contribution in [0.25, 0.3) is 0 Å². The lowest BCUT2D eigenvalue weighted by molar-refractivity contribution is -0.142. The summed E-state index contributed by atoms with van der Waals surface area (Å²) >= 11 is 0. The lowest BCUT2D eigenvalue weighted by Gasteiger charge is -2.10. The highest BCUT2D eigenvalue weighted by Gasteiger charge is 2.17. The first-order valence-corrected chi connectivity index (χ1v) is 4.52. The third-order valence-corrected chi connectivity index (χ3v) is 2.11. The number of anilines is 1. The number of halogens is 2. The lowest BCUT2D eigenvalue weighted by atomic mass is 10.1. The fourth-order valence-corrected chi connectivity index (χ4v) is 1.24. The zero-order valence-electron chi connectivity index (χ0n) is 8.67. The van der Waals surface area contributed by atoms with Crippen molar-refractivity contribution in [3.05, 3.63) is 29.3 Å². The summed E-state index contributed by atoms with van der Waals surface area (Å²) in [5.74, 6) is -2.29. The molecule has 0 spiro atoms. The van der Waals surface area contributed by atoms with Crippen molar-refractivity contribution < 1.29 is 18.3 Å². The van der Waals surface area contributed by atoms with Gasteiger partial charge in [-0.2, -0.15) is 0 Å². The fraction of sp³-hybridized carbons (Fsp3) is 0.300. The van der Waals surface area contributed by atoms with E-state index < -0.39 is 23.6 Å². The van der Waals surface area contributed by atoms with E-state index in [0.29, 0.717) is 6.07 Å². The molecular formula is C10H12F2N2O2. The van der Waals surface area contributed by atoms with Crippen LogP contribution in [0.5, 0.6) is 0 Å². The Morgan fingerprint density at radius 1 is 1.44 bits per heavy atom. The average molecular weight is 230 g/mol. The Hall–Kier alpha value is -1.69. The van der Waals surface area contributed by atoms with Crippen LogP contribution in [0, 0.1) is 11.6 Å². The largest absolute Gasteiger partial charge is 0.468 e. The van der Waals surface area contributed by atoms with E-state index in [0.717, 1.165) is 6.07 Å². The van der Waals surface area contributed by atoms with Gasteiger partial charge < -0.3 is 16.2 Å². The molecule has 6 heteroatoms. The molecule has 0 aromatic heterocycles. The minimum atomic E-state index is -0.996. The summed E-state index contributed by atoms with van der Waals surface area (Å²) in [5.41, 5.74) is 10.6. The van der Waals surface area contributed by atoms with Crippen molar-refractivity contribution in [3.8, 4) is 0 Å². The van der Waals surface area contributed by atoms with Gasteiger partial charge in [0, 0.05) is 12.5 Å². The summed E-state index contributed by atoms with van der Waals surface area (Å²) in [6.45, 7) is 0. The molecule has 0 radical (unpaired) electrons. The minimum Gasteiger partial charge on any atom is -0.468 e. The molecule has 1 aromatic rings. The van der Waals surface area contributed by atoms with Gasteiger partial charge >= 0.3 is 5.97 Å². The Morgan fingerprint density at radius 2 is 2.06 bits per heavy atom. The molecule has 0 saturated carbocycles. The zero-order valence-corrected chi connectivity index (χ0v) is 8.67. The molecule has 0 aliphatic carbocycles. The third kappa shape index (κ3) is 2.66. The number of esters is 1. The number of rotatable bonds is 3. The Labute approximate surface area is 91.2 Å². The molecule has 0 bridgehead atoms. The van der Waals surface area contributed by atoms with Crippen LogP contribution in [0.1, 0.15) is 5.56 Å². The van der Waals surface area contributed by atoms with Crippen molar-refractivity contribution in [3.63, 3.8) is 0 Å². The number of carbonyl (C=O) groups is 1. The molecule has 4 N–H and O–H groups in total. The minimum absolute atomic E-state index is 0.0804. The second kappa shape index (κ2) is 4.89. The van der Waals surface area contributed by atoms with Crippen LogP contribution in [-0.4, -0.2) is 19.1 Å². The highest BCUT2D eigenvalue weighted by Crippen LogP contribution is 2.17. The maximum absolute atomic E-state index is 13.3.